The summed E-state index contributed by atoms with van der Waals surface area (Å²) in [6.45, 7) is 2.70. The second-order valence-electron chi connectivity index (χ2n) is 6.27. The zero-order chi connectivity index (χ0) is 13.9. The minimum absolute atomic E-state index is 0.418. The summed E-state index contributed by atoms with van der Waals surface area (Å²) in [5.74, 6) is 3.15. The van der Waals surface area contributed by atoms with Gasteiger partial charge in [-0.1, -0.05) is 25.0 Å². The first-order valence-electron chi connectivity index (χ1n) is 8.02. The molecule has 1 unspecified atom stereocenters. The molecule has 3 rings (SSSR count). The molecule has 2 fully saturated rings. The number of hydrogen-bond acceptors (Lipinski definition) is 2. The minimum atomic E-state index is 0.418. The molecular weight excluding hydrogens is 248 g/mol. The van der Waals surface area contributed by atoms with E-state index in [1.165, 1.54) is 31.2 Å². The summed E-state index contributed by atoms with van der Waals surface area (Å²) in [5, 5.41) is 0. The molecule has 0 aliphatic heterocycles. The third-order valence-electron chi connectivity index (χ3n) is 5.02. The fourth-order valence-corrected chi connectivity index (χ4v) is 4.16. The van der Waals surface area contributed by atoms with Crippen molar-refractivity contribution in [3.8, 4) is 5.75 Å². The Hall–Kier alpha value is -1.31. The van der Waals surface area contributed by atoms with Crippen LogP contribution in [-0.2, 0) is 4.79 Å². The molecule has 0 N–H and O–H groups in total. The number of ether oxygens (including phenoxy) is 1. The van der Waals surface area contributed by atoms with E-state index in [-0.39, 0.29) is 0 Å². The normalized spacial score (nSPS) is 29.9. The highest BCUT2D eigenvalue weighted by Gasteiger charge is 2.38. The van der Waals surface area contributed by atoms with E-state index in [9.17, 15) is 4.79 Å². The van der Waals surface area contributed by atoms with Gasteiger partial charge in [0.25, 0.3) is 0 Å². The van der Waals surface area contributed by atoms with Crippen LogP contribution in [0, 0.1) is 11.8 Å². The first-order chi connectivity index (χ1) is 9.78. The van der Waals surface area contributed by atoms with Crippen molar-refractivity contribution >= 4 is 5.78 Å². The quantitative estimate of drug-likeness (QED) is 0.818. The Balaban J connectivity index is 1.86. The molecule has 2 heteroatoms. The third kappa shape index (κ3) is 2.74. The second-order valence-corrected chi connectivity index (χ2v) is 6.27. The number of Topliss-reactive ketones (excluding diaryl/α,β-unsaturated/α-hetero) is 1. The Morgan fingerprint density at radius 3 is 2.90 bits per heavy atom. The van der Waals surface area contributed by atoms with E-state index in [0.717, 1.165) is 18.6 Å². The number of benzene rings is 1. The fraction of sp³-hybridized carbons (Fsp3) is 0.611. The number of rotatable bonds is 3. The van der Waals surface area contributed by atoms with E-state index >= 15 is 0 Å². The molecule has 0 amide bonds. The summed E-state index contributed by atoms with van der Waals surface area (Å²) in [4.78, 5) is 12.1. The van der Waals surface area contributed by atoms with Crippen LogP contribution in [0.1, 0.15) is 56.9 Å². The van der Waals surface area contributed by atoms with Crippen LogP contribution < -0.4 is 4.74 Å². The third-order valence-corrected chi connectivity index (χ3v) is 5.02. The monoisotopic (exact) mass is 272 g/mol. The van der Waals surface area contributed by atoms with Crippen LogP contribution in [0.5, 0.6) is 5.75 Å². The maximum Gasteiger partial charge on any atom is 0.133 e. The average molecular weight is 272 g/mol. The Labute approximate surface area is 121 Å². The van der Waals surface area contributed by atoms with Crippen molar-refractivity contribution in [2.75, 3.05) is 6.61 Å². The second kappa shape index (κ2) is 5.99. The Morgan fingerprint density at radius 1 is 1.20 bits per heavy atom. The molecule has 2 saturated carbocycles. The Kier molecular flexibility index (Phi) is 4.09. The number of carbonyl (C=O) groups is 1. The molecular formula is C18H24O2. The van der Waals surface area contributed by atoms with Gasteiger partial charge < -0.3 is 4.74 Å². The van der Waals surface area contributed by atoms with Gasteiger partial charge >= 0.3 is 0 Å². The first-order valence-corrected chi connectivity index (χ1v) is 8.02. The lowest BCUT2D eigenvalue weighted by Gasteiger charge is -2.41. The van der Waals surface area contributed by atoms with Crippen LogP contribution in [0.2, 0.25) is 0 Å². The molecule has 0 radical (unpaired) electrons. The largest absolute Gasteiger partial charge is 0.494 e. The van der Waals surface area contributed by atoms with Crippen molar-refractivity contribution in [2.24, 2.45) is 11.8 Å². The lowest BCUT2D eigenvalue weighted by Crippen LogP contribution is -2.33. The molecule has 20 heavy (non-hydrogen) atoms. The van der Waals surface area contributed by atoms with Gasteiger partial charge in [-0.05, 0) is 55.2 Å². The van der Waals surface area contributed by atoms with Crippen LogP contribution in [0.4, 0.5) is 0 Å². The maximum absolute atomic E-state index is 12.1. The summed E-state index contributed by atoms with van der Waals surface area (Å²) in [5.41, 5.74) is 1.31. The summed E-state index contributed by atoms with van der Waals surface area (Å²) >= 11 is 0. The molecule has 3 atom stereocenters. The van der Waals surface area contributed by atoms with E-state index in [1.54, 1.807) is 0 Å². The highest BCUT2D eigenvalue weighted by atomic mass is 16.5. The Bertz CT molecular complexity index is 480. The van der Waals surface area contributed by atoms with Crippen LogP contribution in [0.3, 0.4) is 0 Å². The summed E-state index contributed by atoms with van der Waals surface area (Å²) in [7, 11) is 0. The van der Waals surface area contributed by atoms with Gasteiger partial charge in [0.15, 0.2) is 0 Å². The van der Waals surface area contributed by atoms with E-state index in [2.05, 4.69) is 18.2 Å². The zero-order valence-corrected chi connectivity index (χ0v) is 12.3. The minimum Gasteiger partial charge on any atom is -0.494 e. The molecule has 0 heterocycles. The van der Waals surface area contributed by atoms with Gasteiger partial charge in [-0.15, -0.1) is 0 Å². The van der Waals surface area contributed by atoms with Gasteiger partial charge in [0.05, 0.1) is 6.61 Å². The highest BCUT2D eigenvalue weighted by Crippen LogP contribution is 2.47. The lowest BCUT2D eigenvalue weighted by molar-refractivity contribution is -0.124. The predicted octanol–water partition coefficient (Wildman–Crippen LogP) is 4.34. The van der Waals surface area contributed by atoms with E-state index in [0.29, 0.717) is 30.1 Å². The van der Waals surface area contributed by atoms with Crippen molar-refractivity contribution in [1.29, 1.82) is 0 Å². The van der Waals surface area contributed by atoms with Crippen LogP contribution >= 0.6 is 0 Å². The van der Waals surface area contributed by atoms with Crippen molar-refractivity contribution in [1.82, 2.24) is 0 Å². The van der Waals surface area contributed by atoms with Gasteiger partial charge in [0, 0.05) is 12.8 Å². The topological polar surface area (TPSA) is 26.3 Å². The van der Waals surface area contributed by atoms with Gasteiger partial charge in [-0.25, -0.2) is 0 Å². The molecule has 0 bridgehead atoms. The van der Waals surface area contributed by atoms with Crippen LogP contribution in [-0.4, -0.2) is 12.4 Å². The van der Waals surface area contributed by atoms with E-state index in [1.807, 2.05) is 13.0 Å². The molecule has 0 spiro atoms. The summed E-state index contributed by atoms with van der Waals surface area (Å²) in [6.07, 6.45) is 6.74. The van der Waals surface area contributed by atoms with Gasteiger partial charge in [0.1, 0.15) is 11.5 Å². The van der Waals surface area contributed by atoms with Crippen molar-refractivity contribution in [3.05, 3.63) is 29.8 Å². The molecule has 2 nitrogen and oxygen atoms in total. The molecule has 2 aliphatic rings. The summed E-state index contributed by atoms with van der Waals surface area (Å²) in [6, 6.07) is 8.41. The lowest BCUT2D eigenvalue weighted by atomic mass is 9.63. The molecule has 2 aliphatic carbocycles. The van der Waals surface area contributed by atoms with Gasteiger partial charge in [-0.3, -0.25) is 4.79 Å². The van der Waals surface area contributed by atoms with E-state index < -0.39 is 0 Å². The van der Waals surface area contributed by atoms with Crippen LogP contribution in [0.25, 0.3) is 0 Å². The van der Waals surface area contributed by atoms with Crippen LogP contribution in [0.15, 0.2) is 24.3 Å². The van der Waals surface area contributed by atoms with Crippen molar-refractivity contribution in [3.63, 3.8) is 0 Å². The fourth-order valence-electron chi connectivity index (χ4n) is 4.16. The van der Waals surface area contributed by atoms with E-state index in [4.69, 9.17) is 4.74 Å². The standard InChI is InChI=1S/C18H24O2/c1-2-20-16-8-5-7-14(11-16)18-12-15(19)10-13-6-3-4-9-17(13)18/h5,7-8,11,13,17-18H,2-4,6,9-10,12H2,1H3/t13?,17-,18+/m1/s1. The van der Waals surface area contributed by atoms with Gasteiger partial charge in [-0.2, -0.15) is 0 Å². The maximum atomic E-state index is 12.1. The smallest absolute Gasteiger partial charge is 0.133 e. The number of fused-ring (bicyclic) bond motifs is 1. The number of ketones is 1. The average Bonchev–Trinajstić information content (AvgIpc) is 2.47. The molecule has 1 aromatic rings. The molecule has 108 valence electrons. The Morgan fingerprint density at radius 2 is 2.05 bits per heavy atom. The zero-order valence-electron chi connectivity index (χ0n) is 12.3. The SMILES string of the molecule is CCOc1cccc([C@@H]2CC(=O)CC3CCCC[C@H]32)c1. The molecule has 0 saturated heterocycles. The predicted molar refractivity (Wildman–Crippen MR) is 80.0 cm³/mol. The number of carbonyl (C=O) groups excluding carboxylic acids is 1. The number of hydrogen-bond donors (Lipinski definition) is 0. The summed E-state index contributed by atoms with van der Waals surface area (Å²) < 4.78 is 5.62. The molecule has 1 aromatic carbocycles. The van der Waals surface area contributed by atoms with Gasteiger partial charge in [0.2, 0.25) is 0 Å². The molecule has 0 aromatic heterocycles. The van der Waals surface area contributed by atoms with Crippen molar-refractivity contribution in [2.45, 2.75) is 51.4 Å². The highest BCUT2D eigenvalue weighted by molar-refractivity contribution is 5.80. The van der Waals surface area contributed by atoms with Crippen molar-refractivity contribution < 1.29 is 9.53 Å². The first kappa shape index (κ1) is 13.7.